The van der Waals surface area contributed by atoms with Crippen LogP contribution < -0.4 is 15.4 Å². The molecule has 4 nitrogen and oxygen atoms in total. The van der Waals surface area contributed by atoms with Gasteiger partial charge >= 0.3 is 6.61 Å². The molecule has 1 atom stereocenters. The van der Waals surface area contributed by atoms with Crippen LogP contribution in [-0.4, -0.2) is 25.1 Å². The van der Waals surface area contributed by atoms with Gasteiger partial charge in [-0.2, -0.15) is 8.78 Å². The quantitative estimate of drug-likeness (QED) is 0.813. The Morgan fingerprint density at radius 3 is 2.70 bits per heavy atom. The van der Waals surface area contributed by atoms with Gasteiger partial charge < -0.3 is 15.4 Å². The highest BCUT2D eigenvalue weighted by Crippen LogP contribution is 2.28. The van der Waals surface area contributed by atoms with Crippen molar-refractivity contribution in [2.24, 2.45) is 0 Å². The van der Waals surface area contributed by atoms with Gasteiger partial charge in [-0.3, -0.25) is 4.79 Å². The Bertz CT molecular complexity index is 458. The molecule has 1 unspecified atom stereocenters. The standard InChI is InChI=1S/C13H17ClF2N2O2/c1-3-8(2)17-7-12(19)18-9-4-5-11(10(14)6-9)20-13(15)16/h4-6,8,13,17H,3,7H2,1-2H3,(H,18,19). The predicted octanol–water partition coefficient (Wildman–Crippen LogP) is 3.27. The normalized spacial score (nSPS) is 12.3. The summed E-state index contributed by atoms with van der Waals surface area (Å²) in [5.41, 5.74) is 0.424. The molecule has 0 saturated carbocycles. The molecule has 2 N–H and O–H groups in total. The molecule has 1 aromatic rings. The number of rotatable bonds is 7. The minimum atomic E-state index is -2.94. The maximum absolute atomic E-state index is 12.1. The average molecular weight is 307 g/mol. The first-order valence-corrected chi connectivity index (χ1v) is 6.57. The number of amides is 1. The molecule has 0 aromatic heterocycles. The molecule has 0 radical (unpaired) electrons. The SMILES string of the molecule is CCC(C)NCC(=O)Nc1ccc(OC(F)F)c(Cl)c1. The highest BCUT2D eigenvalue weighted by Gasteiger charge is 2.10. The van der Waals surface area contributed by atoms with E-state index < -0.39 is 6.61 Å². The maximum atomic E-state index is 12.1. The van der Waals surface area contributed by atoms with E-state index in [9.17, 15) is 13.6 Å². The van der Waals surface area contributed by atoms with E-state index in [1.165, 1.54) is 18.2 Å². The summed E-state index contributed by atoms with van der Waals surface area (Å²) in [6, 6.07) is 4.34. The van der Waals surface area contributed by atoms with E-state index in [1.807, 2.05) is 13.8 Å². The summed E-state index contributed by atoms with van der Waals surface area (Å²) in [5, 5.41) is 5.66. The van der Waals surface area contributed by atoms with Gasteiger partial charge in [-0.15, -0.1) is 0 Å². The van der Waals surface area contributed by atoms with E-state index in [-0.39, 0.29) is 29.3 Å². The molecule has 20 heavy (non-hydrogen) atoms. The van der Waals surface area contributed by atoms with Crippen molar-refractivity contribution < 1.29 is 18.3 Å². The molecule has 0 heterocycles. The first-order valence-electron chi connectivity index (χ1n) is 6.20. The number of carbonyl (C=O) groups is 1. The van der Waals surface area contributed by atoms with Crippen LogP contribution >= 0.6 is 11.6 Å². The summed E-state index contributed by atoms with van der Waals surface area (Å²) in [5.74, 6) is -0.360. The summed E-state index contributed by atoms with van der Waals surface area (Å²) in [7, 11) is 0. The van der Waals surface area contributed by atoms with Crippen molar-refractivity contribution in [2.75, 3.05) is 11.9 Å². The number of anilines is 1. The zero-order valence-corrected chi connectivity index (χ0v) is 12.0. The molecule has 1 aromatic carbocycles. The number of alkyl halides is 2. The molecule has 7 heteroatoms. The first kappa shape index (κ1) is 16.7. The second-order valence-electron chi connectivity index (χ2n) is 4.26. The van der Waals surface area contributed by atoms with Crippen LogP contribution in [0.5, 0.6) is 5.75 Å². The lowest BCUT2D eigenvalue weighted by atomic mass is 10.2. The molecule has 0 spiro atoms. The van der Waals surface area contributed by atoms with E-state index in [0.29, 0.717) is 5.69 Å². The molecule has 0 aliphatic carbocycles. The number of benzene rings is 1. The van der Waals surface area contributed by atoms with Gasteiger partial charge in [-0.05, 0) is 31.5 Å². The molecular formula is C13H17ClF2N2O2. The van der Waals surface area contributed by atoms with Gasteiger partial charge in [0.25, 0.3) is 0 Å². The van der Waals surface area contributed by atoms with Crippen LogP contribution in [0.25, 0.3) is 0 Å². The number of halogens is 3. The van der Waals surface area contributed by atoms with Crippen molar-refractivity contribution in [3.05, 3.63) is 23.2 Å². The minimum Gasteiger partial charge on any atom is -0.433 e. The van der Waals surface area contributed by atoms with Crippen LogP contribution in [0, 0.1) is 0 Å². The van der Waals surface area contributed by atoms with Gasteiger partial charge in [-0.1, -0.05) is 18.5 Å². The Morgan fingerprint density at radius 1 is 1.45 bits per heavy atom. The van der Waals surface area contributed by atoms with Gasteiger partial charge in [-0.25, -0.2) is 0 Å². The molecule has 1 rings (SSSR count). The Hall–Kier alpha value is -1.40. The highest BCUT2D eigenvalue weighted by molar-refractivity contribution is 6.32. The number of hydrogen-bond donors (Lipinski definition) is 2. The van der Waals surface area contributed by atoms with Crippen molar-refractivity contribution in [3.63, 3.8) is 0 Å². The van der Waals surface area contributed by atoms with Crippen LogP contribution in [0.3, 0.4) is 0 Å². The number of hydrogen-bond acceptors (Lipinski definition) is 3. The fraction of sp³-hybridized carbons (Fsp3) is 0.462. The third-order valence-electron chi connectivity index (χ3n) is 2.66. The third-order valence-corrected chi connectivity index (χ3v) is 2.95. The van der Waals surface area contributed by atoms with E-state index in [2.05, 4.69) is 15.4 Å². The van der Waals surface area contributed by atoms with E-state index in [1.54, 1.807) is 0 Å². The summed E-state index contributed by atoms with van der Waals surface area (Å²) < 4.78 is 28.3. The summed E-state index contributed by atoms with van der Waals surface area (Å²) in [4.78, 5) is 11.6. The third kappa shape index (κ3) is 5.71. The van der Waals surface area contributed by atoms with Crippen molar-refractivity contribution in [1.29, 1.82) is 0 Å². The largest absolute Gasteiger partial charge is 0.433 e. The molecule has 0 bridgehead atoms. The fourth-order valence-electron chi connectivity index (χ4n) is 1.39. The molecule has 0 aliphatic heterocycles. The number of carbonyl (C=O) groups excluding carboxylic acids is 1. The lowest BCUT2D eigenvalue weighted by Crippen LogP contribution is -2.33. The van der Waals surface area contributed by atoms with Gasteiger partial charge in [0.2, 0.25) is 5.91 Å². The summed E-state index contributed by atoms with van der Waals surface area (Å²) in [6.45, 7) is 1.22. The zero-order valence-electron chi connectivity index (χ0n) is 11.3. The van der Waals surface area contributed by atoms with E-state index in [0.717, 1.165) is 6.42 Å². The second-order valence-corrected chi connectivity index (χ2v) is 4.67. The first-order chi connectivity index (χ1) is 9.42. The van der Waals surface area contributed by atoms with Crippen LogP contribution in [0.15, 0.2) is 18.2 Å². The number of ether oxygens (including phenoxy) is 1. The smallest absolute Gasteiger partial charge is 0.387 e. The molecular weight excluding hydrogens is 290 g/mol. The van der Waals surface area contributed by atoms with Crippen LogP contribution in [0.2, 0.25) is 5.02 Å². The van der Waals surface area contributed by atoms with Crippen LogP contribution in [-0.2, 0) is 4.79 Å². The minimum absolute atomic E-state index is 0.0120. The second kappa shape index (κ2) is 8.01. The Balaban J connectivity index is 2.56. The van der Waals surface area contributed by atoms with Gasteiger partial charge in [0.05, 0.1) is 11.6 Å². The summed E-state index contributed by atoms with van der Waals surface area (Å²) >= 11 is 5.78. The van der Waals surface area contributed by atoms with Gasteiger partial charge in [0, 0.05) is 11.7 Å². The number of nitrogens with one attached hydrogen (secondary N) is 2. The van der Waals surface area contributed by atoms with E-state index >= 15 is 0 Å². The monoisotopic (exact) mass is 306 g/mol. The maximum Gasteiger partial charge on any atom is 0.387 e. The average Bonchev–Trinajstić information content (AvgIpc) is 2.38. The lowest BCUT2D eigenvalue weighted by Gasteiger charge is -2.12. The molecule has 0 aliphatic rings. The Morgan fingerprint density at radius 2 is 2.15 bits per heavy atom. The Labute approximate surface area is 121 Å². The Kier molecular flexibility index (Phi) is 6.67. The summed E-state index contributed by atoms with van der Waals surface area (Å²) in [6.07, 6.45) is 0.915. The van der Waals surface area contributed by atoms with E-state index in [4.69, 9.17) is 11.6 Å². The molecule has 0 fully saturated rings. The van der Waals surface area contributed by atoms with Crippen molar-refractivity contribution in [1.82, 2.24) is 5.32 Å². The van der Waals surface area contributed by atoms with Crippen molar-refractivity contribution in [3.8, 4) is 5.75 Å². The lowest BCUT2D eigenvalue weighted by molar-refractivity contribution is -0.115. The van der Waals surface area contributed by atoms with Crippen LogP contribution in [0.4, 0.5) is 14.5 Å². The van der Waals surface area contributed by atoms with Crippen molar-refractivity contribution >= 4 is 23.2 Å². The molecule has 1 amide bonds. The predicted molar refractivity (Wildman–Crippen MR) is 74.5 cm³/mol. The molecule has 112 valence electrons. The van der Waals surface area contributed by atoms with Gasteiger partial charge in [0.1, 0.15) is 5.75 Å². The molecule has 0 saturated heterocycles. The fourth-order valence-corrected chi connectivity index (χ4v) is 1.61. The zero-order chi connectivity index (χ0) is 15.1. The van der Waals surface area contributed by atoms with Crippen molar-refractivity contribution in [2.45, 2.75) is 32.9 Å². The van der Waals surface area contributed by atoms with Crippen LogP contribution in [0.1, 0.15) is 20.3 Å². The highest BCUT2D eigenvalue weighted by atomic mass is 35.5. The topological polar surface area (TPSA) is 50.4 Å². The van der Waals surface area contributed by atoms with Gasteiger partial charge in [0.15, 0.2) is 0 Å².